The molecule has 0 spiro atoms. The van der Waals surface area contributed by atoms with Crippen LogP contribution in [0.4, 0.5) is 0 Å². The predicted octanol–water partition coefficient (Wildman–Crippen LogP) is 4.98. The molecule has 3 aromatic carbocycles. The van der Waals surface area contributed by atoms with Crippen molar-refractivity contribution in [1.82, 2.24) is 9.55 Å². The largest absolute Gasteiger partial charge is 0.293 e. The van der Waals surface area contributed by atoms with Gasteiger partial charge in [-0.1, -0.05) is 66.4 Å². The number of fused-ring (bicyclic) bond motifs is 1. The molecule has 0 aliphatic heterocycles. The Balaban J connectivity index is 1.83. The van der Waals surface area contributed by atoms with Crippen molar-refractivity contribution in [2.45, 2.75) is 19.0 Å². The van der Waals surface area contributed by atoms with Gasteiger partial charge in [0.1, 0.15) is 0 Å². The van der Waals surface area contributed by atoms with Crippen molar-refractivity contribution < 1.29 is 4.79 Å². The van der Waals surface area contributed by atoms with Gasteiger partial charge in [0, 0.05) is 5.56 Å². The van der Waals surface area contributed by atoms with Gasteiger partial charge < -0.3 is 0 Å². The van der Waals surface area contributed by atoms with Crippen LogP contribution in [0.3, 0.4) is 0 Å². The van der Waals surface area contributed by atoms with E-state index in [2.05, 4.69) is 0 Å². The Morgan fingerprint density at radius 2 is 1.66 bits per heavy atom. The van der Waals surface area contributed by atoms with Gasteiger partial charge in [0.15, 0.2) is 10.9 Å². The smallest absolute Gasteiger partial charge is 0.266 e. The number of aryl methyl sites for hydroxylation is 1. The maximum absolute atomic E-state index is 13.4. The molecule has 0 aliphatic rings. The van der Waals surface area contributed by atoms with Crippen LogP contribution in [-0.4, -0.2) is 21.1 Å². The summed E-state index contributed by atoms with van der Waals surface area (Å²) in [6, 6.07) is 22.4. The number of hydrogen-bond acceptors (Lipinski definition) is 4. The molecule has 4 aromatic rings. The van der Waals surface area contributed by atoms with Gasteiger partial charge in [-0.15, -0.1) is 0 Å². The predicted molar refractivity (Wildman–Crippen MR) is 118 cm³/mol. The molecule has 0 saturated heterocycles. The number of rotatable bonds is 5. The van der Waals surface area contributed by atoms with Crippen molar-refractivity contribution in [2.75, 3.05) is 5.75 Å². The van der Waals surface area contributed by atoms with E-state index in [-0.39, 0.29) is 17.1 Å². The van der Waals surface area contributed by atoms with E-state index in [0.29, 0.717) is 21.6 Å². The zero-order chi connectivity index (χ0) is 20.4. The lowest BCUT2D eigenvalue weighted by Gasteiger charge is -2.16. The van der Waals surface area contributed by atoms with Crippen molar-refractivity contribution >= 4 is 28.4 Å². The Hall–Kier alpha value is -3.18. The van der Waals surface area contributed by atoms with Crippen molar-refractivity contribution in [3.63, 3.8) is 0 Å². The number of thioether (sulfide) groups is 1. The highest BCUT2D eigenvalue weighted by Crippen LogP contribution is 2.25. The van der Waals surface area contributed by atoms with E-state index in [4.69, 9.17) is 4.98 Å². The molecular formula is C24H20N2O2S. The lowest BCUT2D eigenvalue weighted by molar-refractivity contribution is 0.102. The first-order valence-corrected chi connectivity index (χ1v) is 10.3. The molecule has 5 heteroatoms. The van der Waals surface area contributed by atoms with Crippen LogP contribution >= 0.6 is 11.8 Å². The minimum Gasteiger partial charge on any atom is -0.293 e. The number of aromatic nitrogens is 2. The van der Waals surface area contributed by atoms with Crippen molar-refractivity contribution in [1.29, 1.82) is 0 Å². The Kier molecular flexibility index (Phi) is 5.32. The second kappa shape index (κ2) is 8.05. The van der Waals surface area contributed by atoms with Crippen molar-refractivity contribution in [3.8, 4) is 5.69 Å². The second-order valence-corrected chi connectivity index (χ2v) is 7.79. The van der Waals surface area contributed by atoms with Gasteiger partial charge in [0.25, 0.3) is 5.56 Å². The standard InChI is InChI=1S/C24H20N2O2S/c1-16-9-8-14-21(17(16)2)26-23(28)19-12-6-7-13-20(19)25-24(26)29-15-22(27)18-10-4-3-5-11-18/h3-14H,15H2,1-2H3. The molecule has 1 heterocycles. The third kappa shape index (κ3) is 3.74. The molecule has 144 valence electrons. The molecule has 29 heavy (non-hydrogen) atoms. The Labute approximate surface area is 173 Å². The lowest BCUT2D eigenvalue weighted by atomic mass is 10.1. The number of hydrogen-bond donors (Lipinski definition) is 0. The van der Waals surface area contributed by atoms with Gasteiger partial charge in [0.05, 0.1) is 22.3 Å². The summed E-state index contributed by atoms with van der Waals surface area (Å²) in [4.78, 5) is 30.7. The summed E-state index contributed by atoms with van der Waals surface area (Å²) in [5.74, 6) is 0.213. The molecule has 0 bridgehead atoms. The van der Waals surface area contributed by atoms with Gasteiger partial charge in [-0.2, -0.15) is 0 Å². The summed E-state index contributed by atoms with van der Waals surface area (Å²) in [6.45, 7) is 4.01. The molecule has 0 aliphatic carbocycles. The third-order valence-corrected chi connectivity index (χ3v) is 5.93. The molecule has 0 fully saturated rings. The average Bonchev–Trinajstić information content (AvgIpc) is 2.75. The molecule has 0 radical (unpaired) electrons. The number of para-hydroxylation sites is 1. The van der Waals surface area contributed by atoms with E-state index in [1.807, 2.05) is 68.4 Å². The Morgan fingerprint density at radius 1 is 0.931 bits per heavy atom. The SMILES string of the molecule is Cc1cccc(-n2c(SCC(=O)c3ccccc3)nc3ccccc3c2=O)c1C. The maximum Gasteiger partial charge on any atom is 0.266 e. The third-order valence-electron chi connectivity index (χ3n) is 4.99. The summed E-state index contributed by atoms with van der Waals surface area (Å²) in [5, 5.41) is 1.08. The van der Waals surface area contributed by atoms with Gasteiger partial charge in [0.2, 0.25) is 0 Å². The van der Waals surface area contributed by atoms with Crippen LogP contribution in [0.15, 0.2) is 82.7 Å². The van der Waals surface area contributed by atoms with Crippen LogP contribution in [0.2, 0.25) is 0 Å². The molecule has 1 aromatic heterocycles. The number of benzene rings is 3. The molecule has 0 atom stereocenters. The van der Waals surface area contributed by atoms with Gasteiger partial charge in [-0.05, 0) is 43.2 Å². The number of carbonyl (C=O) groups is 1. The molecule has 4 nitrogen and oxygen atoms in total. The van der Waals surface area contributed by atoms with Gasteiger partial charge >= 0.3 is 0 Å². The van der Waals surface area contributed by atoms with Crippen molar-refractivity contribution in [3.05, 3.63) is 99.8 Å². The summed E-state index contributed by atoms with van der Waals surface area (Å²) in [7, 11) is 0. The van der Waals surface area contributed by atoms with E-state index < -0.39 is 0 Å². The fraction of sp³-hybridized carbons (Fsp3) is 0.125. The molecular weight excluding hydrogens is 380 g/mol. The molecule has 0 N–H and O–H groups in total. The number of nitrogens with zero attached hydrogens (tertiary/aromatic N) is 2. The summed E-state index contributed by atoms with van der Waals surface area (Å²) < 4.78 is 1.63. The monoisotopic (exact) mass is 400 g/mol. The lowest BCUT2D eigenvalue weighted by Crippen LogP contribution is -2.23. The first-order valence-electron chi connectivity index (χ1n) is 9.35. The number of Topliss-reactive ketones (excluding diaryl/α,β-unsaturated/α-hetero) is 1. The number of ketones is 1. The van der Waals surface area contributed by atoms with Crippen molar-refractivity contribution in [2.24, 2.45) is 0 Å². The summed E-state index contributed by atoms with van der Waals surface area (Å²) in [5.41, 5.74) is 4.07. The summed E-state index contributed by atoms with van der Waals surface area (Å²) in [6.07, 6.45) is 0. The molecule has 0 amide bonds. The second-order valence-electron chi connectivity index (χ2n) is 6.85. The highest BCUT2D eigenvalue weighted by Gasteiger charge is 2.17. The van der Waals surface area contributed by atoms with Gasteiger partial charge in [-0.3, -0.25) is 14.2 Å². The molecule has 4 rings (SSSR count). The van der Waals surface area contributed by atoms with E-state index in [1.165, 1.54) is 11.8 Å². The van der Waals surface area contributed by atoms with Gasteiger partial charge in [-0.25, -0.2) is 4.98 Å². The van der Waals surface area contributed by atoms with Crippen LogP contribution in [0.25, 0.3) is 16.6 Å². The van der Waals surface area contributed by atoms with E-state index in [9.17, 15) is 9.59 Å². The fourth-order valence-electron chi connectivity index (χ4n) is 3.24. The maximum atomic E-state index is 13.4. The fourth-order valence-corrected chi connectivity index (χ4v) is 4.14. The highest BCUT2D eigenvalue weighted by atomic mass is 32.2. The van der Waals surface area contributed by atoms with Crippen LogP contribution in [0.1, 0.15) is 21.5 Å². The first kappa shape index (κ1) is 19.2. The van der Waals surface area contributed by atoms with Crippen LogP contribution in [0.5, 0.6) is 0 Å². The Morgan fingerprint density at radius 3 is 2.45 bits per heavy atom. The minimum absolute atomic E-state index is 0.00511. The van der Waals surface area contributed by atoms with Crippen LogP contribution in [-0.2, 0) is 0 Å². The van der Waals surface area contributed by atoms with E-state index in [0.717, 1.165) is 16.8 Å². The number of carbonyl (C=O) groups excluding carboxylic acids is 1. The zero-order valence-electron chi connectivity index (χ0n) is 16.3. The Bertz CT molecular complexity index is 1260. The summed E-state index contributed by atoms with van der Waals surface area (Å²) >= 11 is 1.29. The quantitative estimate of drug-likeness (QED) is 0.269. The normalized spacial score (nSPS) is 11.0. The van der Waals surface area contributed by atoms with E-state index in [1.54, 1.807) is 22.8 Å². The van der Waals surface area contributed by atoms with Crippen LogP contribution < -0.4 is 5.56 Å². The highest BCUT2D eigenvalue weighted by molar-refractivity contribution is 7.99. The van der Waals surface area contributed by atoms with Crippen LogP contribution in [0, 0.1) is 13.8 Å². The topological polar surface area (TPSA) is 52.0 Å². The first-order chi connectivity index (χ1) is 14.1. The average molecular weight is 401 g/mol. The minimum atomic E-state index is -0.126. The zero-order valence-corrected chi connectivity index (χ0v) is 17.1. The molecule has 0 unspecified atom stereocenters. The molecule has 0 saturated carbocycles. The van der Waals surface area contributed by atoms with E-state index >= 15 is 0 Å².